The summed E-state index contributed by atoms with van der Waals surface area (Å²) in [5.74, 6) is -0.406. The topological polar surface area (TPSA) is 77.5 Å². The number of carbonyl (C=O) groups excluding carboxylic acids is 2. The molecule has 4 rings (SSSR count). The molecular formula is C23H19FN2O4. The van der Waals surface area contributed by atoms with Crippen molar-refractivity contribution in [3.63, 3.8) is 0 Å². The first kappa shape index (κ1) is 19.6. The van der Waals surface area contributed by atoms with Gasteiger partial charge in [-0.2, -0.15) is 0 Å². The van der Waals surface area contributed by atoms with Gasteiger partial charge in [0.1, 0.15) is 11.6 Å². The molecule has 1 unspecified atom stereocenters. The number of cyclic esters (lactones) is 1. The van der Waals surface area contributed by atoms with Crippen molar-refractivity contribution in [2.24, 2.45) is 0 Å². The maximum atomic E-state index is 13.0. The van der Waals surface area contributed by atoms with E-state index < -0.39 is 11.6 Å². The lowest BCUT2D eigenvalue weighted by Gasteiger charge is -2.33. The number of hydrogen-bond acceptors (Lipinski definition) is 5. The van der Waals surface area contributed by atoms with Crippen LogP contribution in [0, 0.1) is 5.82 Å². The molecule has 0 spiro atoms. The predicted molar refractivity (Wildman–Crippen MR) is 107 cm³/mol. The number of benzene rings is 2. The van der Waals surface area contributed by atoms with E-state index in [1.807, 2.05) is 12.1 Å². The minimum Gasteiger partial charge on any atom is -0.445 e. The Morgan fingerprint density at radius 2 is 1.93 bits per heavy atom. The first-order valence-electron chi connectivity index (χ1n) is 9.41. The lowest BCUT2D eigenvalue weighted by molar-refractivity contribution is -0.139. The standard InChI is InChI=1S/C23H19FN2O4/c1-23(12-16-4-2-3-5-19(16)21(27)30-23)22(28)26-14-15-6-11-20(25-13-15)29-18-9-7-17(24)8-10-18/h2-11,13H,12,14H2,1H3,(H,26,28). The van der Waals surface area contributed by atoms with Crippen LogP contribution in [0.5, 0.6) is 11.6 Å². The second-order valence-corrected chi connectivity index (χ2v) is 7.20. The largest absolute Gasteiger partial charge is 0.445 e. The van der Waals surface area contributed by atoms with Crippen LogP contribution in [-0.4, -0.2) is 22.5 Å². The number of nitrogens with one attached hydrogen (secondary N) is 1. The summed E-state index contributed by atoms with van der Waals surface area (Å²) in [6.07, 6.45) is 1.88. The Labute approximate surface area is 172 Å². The van der Waals surface area contributed by atoms with Gasteiger partial charge in [0.2, 0.25) is 5.88 Å². The molecule has 1 aliphatic heterocycles. The minimum atomic E-state index is -1.27. The third-order valence-electron chi connectivity index (χ3n) is 4.85. The number of fused-ring (bicyclic) bond motifs is 1. The van der Waals surface area contributed by atoms with Crippen LogP contribution in [-0.2, 0) is 22.5 Å². The van der Waals surface area contributed by atoms with Gasteiger partial charge in [0.05, 0.1) is 5.56 Å². The maximum absolute atomic E-state index is 13.0. The van der Waals surface area contributed by atoms with E-state index in [0.717, 1.165) is 11.1 Å². The summed E-state index contributed by atoms with van der Waals surface area (Å²) < 4.78 is 23.9. The van der Waals surface area contributed by atoms with E-state index in [-0.39, 0.29) is 18.3 Å². The number of nitrogens with zero attached hydrogens (tertiary/aromatic N) is 1. The molecule has 0 saturated heterocycles. The van der Waals surface area contributed by atoms with Crippen LogP contribution in [0.25, 0.3) is 0 Å². The summed E-state index contributed by atoms with van der Waals surface area (Å²) >= 11 is 0. The molecule has 1 aliphatic rings. The zero-order valence-corrected chi connectivity index (χ0v) is 16.2. The van der Waals surface area contributed by atoms with Crippen molar-refractivity contribution in [1.29, 1.82) is 0 Å². The second kappa shape index (κ2) is 7.94. The van der Waals surface area contributed by atoms with Gasteiger partial charge in [-0.25, -0.2) is 14.2 Å². The number of amides is 1. The average Bonchev–Trinajstić information content (AvgIpc) is 2.74. The minimum absolute atomic E-state index is 0.220. The zero-order chi connectivity index (χ0) is 21.1. The quantitative estimate of drug-likeness (QED) is 0.652. The lowest BCUT2D eigenvalue weighted by Crippen LogP contribution is -2.51. The molecule has 1 amide bonds. The Bertz CT molecular complexity index is 1080. The van der Waals surface area contributed by atoms with Gasteiger partial charge in [-0.3, -0.25) is 4.79 Å². The SMILES string of the molecule is CC1(C(=O)NCc2ccc(Oc3ccc(F)cc3)nc2)Cc2ccccc2C(=O)O1. The molecule has 0 bridgehead atoms. The van der Waals surface area contributed by atoms with Crippen LogP contribution >= 0.6 is 0 Å². The van der Waals surface area contributed by atoms with E-state index in [2.05, 4.69) is 10.3 Å². The Balaban J connectivity index is 1.37. The van der Waals surface area contributed by atoms with Crippen molar-refractivity contribution in [2.45, 2.75) is 25.5 Å². The fourth-order valence-corrected chi connectivity index (χ4v) is 3.23. The van der Waals surface area contributed by atoms with E-state index in [9.17, 15) is 14.0 Å². The summed E-state index contributed by atoms with van der Waals surface area (Å²) in [7, 11) is 0. The molecule has 30 heavy (non-hydrogen) atoms. The summed E-state index contributed by atoms with van der Waals surface area (Å²) in [5, 5.41) is 2.80. The summed E-state index contributed by atoms with van der Waals surface area (Å²) in [6, 6.07) is 16.1. The first-order chi connectivity index (χ1) is 14.4. The van der Waals surface area contributed by atoms with Crippen molar-refractivity contribution in [2.75, 3.05) is 0 Å². The van der Waals surface area contributed by atoms with Gasteiger partial charge in [-0.15, -0.1) is 0 Å². The van der Waals surface area contributed by atoms with Crippen molar-refractivity contribution < 1.29 is 23.5 Å². The van der Waals surface area contributed by atoms with Gasteiger partial charge in [0, 0.05) is 25.2 Å². The highest BCUT2D eigenvalue weighted by molar-refractivity contribution is 5.97. The Kier molecular flexibility index (Phi) is 5.18. The molecule has 0 saturated carbocycles. The van der Waals surface area contributed by atoms with Gasteiger partial charge in [0.15, 0.2) is 5.60 Å². The van der Waals surface area contributed by atoms with Gasteiger partial charge >= 0.3 is 5.97 Å². The van der Waals surface area contributed by atoms with E-state index in [0.29, 0.717) is 23.6 Å². The number of esters is 1. The fourth-order valence-electron chi connectivity index (χ4n) is 3.23. The van der Waals surface area contributed by atoms with Gasteiger partial charge in [-0.05, 0) is 48.4 Å². The van der Waals surface area contributed by atoms with Gasteiger partial charge in [0.25, 0.3) is 5.91 Å². The number of aromatic nitrogens is 1. The predicted octanol–water partition coefficient (Wildman–Crippen LogP) is 3.80. The molecule has 0 aliphatic carbocycles. The maximum Gasteiger partial charge on any atom is 0.339 e. The second-order valence-electron chi connectivity index (χ2n) is 7.20. The third-order valence-corrected chi connectivity index (χ3v) is 4.85. The molecule has 1 atom stereocenters. The molecule has 0 fully saturated rings. The van der Waals surface area contributed by atoms with Gasteiger partial charge < -0.3 is 14.8 Å². The van der Waals surface area contributed by atoms with E-state index in [4.69, 9.17) is 9.47 Å². The monoisotopic (exact) mass is 406 g/mol. The summed E-state index contributed by atoms with van der Waals surface area (Å²) in [6.45, 7) is 1.82. The van der Waals surface area contributed by atoms with E-state index in [1.54, 1.807) is 37.4 Å². The highest BCUT2D eigenvalue weighted by atomic mass is 19.1. The highest BCUT2D eigenvalue weighted by Crippen LogP contribution is 2.28. The molecule has 7 heteroatoms. The average molecular weight is 406 g/mol. The fraction of sp³-hybridized carbons (Fsp3) is 0.174. The Hall–Kier alpha value is -3.74. The first-order valence-corrected chi connectivity index (χ1v) is 9.41. The number of ether oxygens (including phenoxy) is 2. The van der Waals surface area contributed by atoms with Crippen molar-refractivity contribution in [1.82, 2.24) is 10.3 Å². The van der Waals surface area contributed by atoms with Crippen LogP contribution in [0.15, 0.2) is 66.9 Å². The zero-order valence-electron chi connectivity index (χ0n) is 16.2. The summed E-state index contributed by atoms with van der Waals surface area (Å²) in [4.78, 5) is 29.2. The van der Waals surface area contributed by atoms with Crippen molar-refractivity contribution >= 4 is 11.9 Å². The third kappa shape index (κ3) is 4.15. The van der Waals surface area contributed by atoms with Crippen molar-refractivity contribution in [3.8, 4) is 11.6 Å². The highest BCUT2D eigenvalue weighted by Gasteiger charge is 2.42. The van der Waals surface area contributed by atoms with Crippen LogP contribution in [0.2, 0.25) is 0 Å². The number of halogens is 1. The summed E-state index contributed by atoms with van der Waals surface area (Å²) in [5.41, 5.74) is 0.754. The molecule has 2 aromatic carbocycles. The molecule has 1 aromatic heterocycles. The molecule has 2 heterocycles. The lowest BCUT2D eigenvalue weighted by atomic mass is 9.89. The van der Waals surface area contributed by atoms with E-state index >= 15 is 0 Å². The number of carbonyl (C=O) groups is 2. The van der Waals surface area contributed by atoms with Crippen LogP contribution < -0.4 is 10.1 Å². The smallest absolute Gasteiger partial charge is 0.339 e. The molecule has 152 valence electrons. The molecule has 3 aromatic rings. The Morgan fingerprint density at radius 1 is 1.17 bits per heavy atom. The molecule has 1 N–H and O–H groups in total. The number of pyridine rings is 1. The van der Waals surface area contributed by atoms with Crippen LogP contribution in [0.3, 0.4) is 0 Å². The molecule has 0 radical (unpaired) electrons. The number of rotatable bonds is 5. The van der Waals surface area contributed by atoms with E-state index in [1.165, 1.54) is 24.3 Å². The van der Waals surface area contributed by atoms with Crippen LogP contribution in [0.4, 0.5) is 4.39 Å². The van der Waals surface area contributed by atoms with Crippen LogP contribution in [0.1, 0.15) is 28.4 Å². The van der Waals surface area contributed by atoms with Crippen molar-refractivity contribution in [3.05, 3.63) is 89.4 Å². The Morgan fingerprint density at radius 3 is 2.67 bits per heavy atom. The molecule has 6 nitrogen and oxygen atoms in total. The van der Waals surface area contributed by atoms with Gasteiger partial charge in [-0.1, -0.05) is 24.3 Å². The normalized spacial score (nSPS) is 17.6. The number of hydrogen-bond donors (Lipinski definition) is 1. The molecular weight excluding hydrogens is 387 g/mol.